The maximum atomic E-state index is 13.5. The third kappa shape index (κ3) is 2.60. The summed E-state index contributed by atoms with van der Waals surface area (Å²) in [6.07, 6.45) is 1.52. The van der Waals surface area contributed by atoms with Crippen LogP contribution in [0.5, 0.6) is 0 Å². The maximum absolute atomic E-state index is 13.5. The minimum absolute atomic E-state index is 0.000463. The third-order valence-corrected chi connectivity index (χ3v) is 2.43. The number of nitrogens with two attached hydrogens (primary N) is 1. The first-order valence-corrected chi connectivity index (χ1v) is 5.45. The number of hydrogen-bond acceptors (Lipinski definition) is 3. The Labute approximate surface area is 108 Å². The Morgan fingerprint density at radius 3 is 2.72 bits per heavy atom. The lowest BCUT2D eigenvalue weighted by Crippen LogP contribution is -2.14. The van der Waals surface area contributed by atoms with Gasteiger partial charge in [0.2, 0.25) is 0 Å². The van der Waals surface area contributed by atoms with Crippen LogP contribution in [-0.4, -0.2) is 9.97 Å². The molecule has 92 valence electrons. The first-order valence-electron chi connectivity index (χ1n) is 5.05. The van der Waals surface area contributed by atoms with Crippen molar-refractivity contribution in [2.24, 2.45) is 5.73 Å². The fourth-order valence-corrected chi connectivity index (χ4v) is 1.60. The Morgan fingerprint density at radius 1 is 1.22 bits per heavy atom. The van der Waals surface area contributed by atoms with Crippen LogP contribution in [0.3, 0.4) is 0 Å². The molecule has 0 bridgehead atoms. The summed E-state index contributed by atoms with van der Waals surface area (Å²) in [6.45, 7) is 0. The van der Waals surface area contributed by atoms with Gasteiger partial charge in [-0.1, -0.05) is 12.2 Å². The predicted octanol–water partition coefficient (Wildman–Crippen LogP) is 2.74. The van der Waals surface area contributed by atoms with Crippen LogP contribution in [0.25, 0.3) is 0 Å². The van der Waals surface area contributed by atoms with Crippen LogP contribution in [0, 0.1) is 11.6 Å². The summed E-state index contributed by atoms with van der Waals surface area (Å²) in [5.41, 5.74) is 6.25. The Hall–Kier alpha value is -2.08. The zero-order valence-corrected chi connectivity index (χ0v) is 9.97. The van der Waals surface area contributed by atoms with E-state index in [9.17, 15) is 8.78 Å². The molecule has 1 aromatic carbocycles. The van der Waals surface area contributed by atoms with Gasteiger partial charge >= 0.3 is 0 Å². The molecule has 6 heteroatoms. The second-order valence-electron chi connectivity index (χ2n) is 3.51. The van der Waals surface area contributed by atoms with E-state index in [-0.39, 0.29) is 10.7 Å². The van der Waals surface area contributed by atoms with E-state index in [0.717, 1.165) is 18.2 Å². The molecule has 0 atom stereocenters. The molecular weight excluding hydrogens is 256 g/mol. The maximum Gasteiger partial charge on any atom is 0.146 e. The first-order chi connectivity index (χ1) is 8.58. The van der Waals surface area contributed by atoms with Crippen molar-refractivity contribution in [3.8, 4) is 0 Å². The number of aromatic nitrogens is 1. The molecule has 0 aliphatic carbocycles. The minimum atomic E-state index is -0.575. The first kappa shape index (κ1) is 12.4. The van der Waals surface area contributed by atoms with E-state index in [1.807, 2.05) is 0 Å². The predicted molar refractivity (Wildman–Crippen MR) is 69.8 cm³/mol. The van der Waals surface area contributed by atoms with Gasteiger partial charge in [-0.25, -0.2) is 8.78 Å². The van der Waals surface area contributed by atoms with Crippen LogP contribution in [0.15, 0.2) is 36.5 Å². The summed E-state index contributed by atoms with van der Waals surface area (Å²) in [5, 5.41) is 2.72. The van der Waals surface area contributed by atoms with Crippen molar-refractivity contribution in [1.29, 1.82) is 0 Å². The number of benzene rings is 1. The van der Waals surface area contributed by atoms with E-state index in [2.05, 4.69) is 10.3 Å². The van der Waals surface area contributed by atoms with E-state index in [4.69, 9.17) is 18.0 Å². The molecule has 0 saturated carbocycles. The van der Waals surface area contributed by atoms with Gasteiger partial charge in [-0.05, 0) is 24.3 Å². The van der Waals surface area contributed by atoms with E-state index in [1.165, 1.54) is 6.20 Å². The lowest BCUT2D eigenvalue weighted by molar-refractivity contribution is 0.603. The van der Waals surface area contributed by atoms with Crippen LogP contribution in [-0.2, 0) is 0 Å². The second kappa shape index (κ2) is 5.05. The molecule has 3 nitrogen and oxygen atoms in total. The highest BCUT2D eigenvalue weighted by molar-refractivity contribution is 7.80. The molecule has 3 N–H and O–H groups in total. The van der Waals surface area contributed by atoms with Crippen molar-refractivity contribution in [3.63, 3.8) is 0 Å². The Bertz CT molecular complexity index is 602. The van der Waals surface area contributed by atoms with Gasteiger partial charge in [-0.15, -0.1) is 0 Å². The standard InChI is InChI=1S/C12H9F2N3S/c13-7-3-4-8(14)10(6-7)17-9-2-1-5-16-11(9)12(15)18/h1-6,17H,(H2,15,18). The highest BCUT2D eigenvalue weighted by atomic mass is 32.1. The molecule has 0 aliphatic heterocycles. The fourth-order valence-electron chi connectivity index (χ4n) is 1.44. The molecule has 2 aromatic rings. The molecule has 0 radical (unpaired) electrons. The second-order valence-corrected chi connectivity index (χ2v) is 3.95. The number of rotatable bonds is 3. The van der Waals surface area contributed by atoms with Crippen LogP contribution < -0.4 is 11.1 Å². The van der Waals surface area contributed by atoms with Crippen LogP contribution >= 0.6 is 12.2 Å². The number of halogens is 2. The van der Waals surface area contributed by atoms with Crippen LogP contribution in [0.2, 0.25) is 0 Å². The Morgan fingerprint density at radius 2 is 2.00 bits per heavy atom. The monoisotopic (exact) mass is 265 g/mol. The van der Waals surface area contributed by atoms with Crippen LogP contribution in [0.1, 0.15) is 5.69 Å². The zero-order valence-electron chi connectivity index (χ0n) is 9.15. The lowest BCUT2D eigenvalue weighted by Gasteiger charge is -2.10. The number of thiocarbonyl (C=S) groups is 1. The quantitative estimate of drug-likeness (QED) is 0.838. The van der Waals surface area contributed by atoms with E-state index < -0.39 is 11.6 Å². The number of hydrogen-bond donors (Lipinski definition) is 2. The molecular formula is C12H9F2N3S. The SMILES string of the molecule is NC(=S)c1ncccc1Nc1cc(F)ccc1F. The smallest absolute Gasteiger partial charge is 0.146 e. The number of pyridine rings is 1. The van der Waals surface area contributed by atoms with Gasteiger partial charge in [0, 0.05) is 12.3 Å². The highest BCUT2D eigenvalue weighted by Gasteiger charge is 2.09. The fraction of sp³-hybridized carbons (Fsp3) is 0. The van der Waals surface area contributed by atoms with Crippen molar-refractivity contribution in [1.82, 2.24) is 4.98 Å². The molecule has 1 heterocycles. The van der Waals surface area contributed by atoms with Gasteiger partial charge in [-0.2, -0.15) is 0 Å². The van der Waals surface area contributed by atoms with Crippen molar-refractivity contribution in [3.05, 3.63) is 53.9 Å². The van der Waals surface area contributed by atoms with E-state index >= 15 is 0 Å². The minimum Gasteiger partial charge on any atom is -0.388 e. The van der Waals surface area contributed by atoms with Crippen molar-refractivity contribution in [2.45, 2.75) is 0 Å². The number of nitrogens with one attached hydrogen (secondary N) is 1. The molecule has 0 fully saturated rings. The average molecular weight is 265 g/mol. The zero-order chi connectivity index (χ0) is 13.1. The summed E-state index contributed by atoms with van der Waals surface area (Å²) in [4.78, 5) is 4.06. The largest absolute Gasteiger partial charge is 0.388 e. The van der Waals surface area contributed by atoms with Gasteiger partial charge in [0.25, 0.3) is 0 Å². The molecule has 0 amide bonds. The average Bonchev–Trinajstić information content (AvgIpc) is 2.34. The van der Waals surface area contributed by atoms with Crippen molar-refractivity contribution >= 4 is 28.6 Å². The summed E-state index contributed by atoms with van der Waals surface area (Å²) in [5.74, 6) is -1.12. The molecule has 2 rings (SSSR count). The van der Waals surface area contributed by atoms with Gasteiger partial charge in [0.05, 0.1) is 11.4 Å². The third-order valence-electron chi connectivity index (χ3n) is 2.24. The highest BCUT2D eigenvalue weighted by Crippen LogP contribution is 2.22. The molecule has 0 aliphatic rings. The van der Waals surface area contributed by atoms with Gasteiger partial charge in [-0.3, -0.25) is 4.98 Å². The van der Waals surface area contributed by atoms with E-state index in [0.29, 0.717) is 11.4 Å². The van der Waals surface area contributed by atoms with Gasteiger partial charge in [0.15, 0.2) is 0 Å². The Balaban J connectivity index is 2.40. The summed E-state index contributed by atoms with van der Waals surface area (Å²) in [7, 11) is 0. The topological polar surface area (TPSA) is 50.9 Å². The number of anilines is 2. The molecule has 18 heavy (non-hydrogen) atoms. The number of nitrogens with zero attached hydrogens (tertiary/aromatic N) is 1. The molecule has 0 unspecified atom stereocenters. The molecule has 0 saturated heterocycles. The molecule has 0 spiro atoms. The summed E-state index contributed by atoms with van der Waals surface area (Å²) >= 11 is 4.83. The van der Waals surface area contributed by atoms with Gasteiger partial charge in [0.1, 0.15) is 22.3 Å². The van der Waals surface area contributed by atoms with Crippen molar-refractivity contribution < 1.29 is 8.78 Å². The normalized spacial score (nSPS) is 10.1. The summed E-state index contributed by atoms with van der Waals surface area (Å²) < 4.78 is 26.5. The van der Waals surface area contributed by atoms with E-state index in [1.54, 1.807) is 12.1 Å². The Kier molecular flexibility index (Phi) is 3.47. The summed E-state index contributed by atoms with van der Waals surface area (Å²) in [6, 6.07) is 6.39. The van der Waals surface area contributed by atoms with Crippen LogP contribution in [0.4, 0.5) is 20.2 Å². The molecule has 1 aromatic heterocycles. The van der Waals surface area contributed by atoms with Crippen molar-refractivity contribution in [2.75, 3.05) is 5.32 Å². The lowest BCUT2D eigenvalue weighted by atomic mass is 10.2. The van der Waals surface area contributed by atoms with Gasteiger partial charge < -0.3 is 11.1 Å².